The van der Waals surface area contributed by atoms with Crippen LogP contribution >= 0.6 is 0 Å². The average molecular weight is 240 g/mol. The molecular weight excluding hydrogens is 222 g/mol. The predicted octanol–water partition coefficient (Wildman–Crippen LogP) is 2.83. The molecule has 0 amide bonds. The molecule has 0 aliphatic carbocycles. The molecule has 1 aromatic carbocycles. The van der Waals surface area contributed by atoms with E-state index in [0.717, 1.165) is 25.2 Å². The van der Waals surface area contributed by atoms with Crippen molar-refractivity contribution < 1.29 is 8.78 Å². The molecule has 1 saturated heterocycles. The molecule has 94 valence electrons. The van der Waals surface area contributed by atoms with Gasteiger partial charge in [0, 0.05) is 25.2 Å². The lowest BCUT2D eigenvalue weighted by atomic mass is 9.98. The maximum absolute atomic E-state index is 12.0. The lowest BCUT2D eigenvalue weighted by Crippen LogP contribution is -2.09. The molecule has 0 radical (unpaired) electrons. The second kappa shape index (κ2) is 5.96. The van der Waals surface area contributed by atoms with E-state index >= 15 is 0 Å². The first-order valence-electron chi connectivity index (χ1n) is 6.08. The van der Waals surface area contributed by atoms with Gasteiger partial charge >= 0.3 is 0 Å². The number of anilines is 1. The number of halogens is 2. The summed E-state index contributed by atoms with van der Waals surface area (Å²) < 4.78 is 24.0. The van der Waals surface area contributed by atoms with Gasteiger partial charge < -0.3 is 10.6 Å². The zero-order valence-electron chi connectivity index (χ0n) is 9.76. The van der Waals surface area contributed by atoms with Gasteiger partial charge in [-0.3, -0.25) is 0 Å². The molecule has 0 spiro atoms. The summed E-state index contributed by atoms with van der Waals surface area (Å²) in [6, 6.07) is 8.09. The SMILES string of the molecule is FC(F)CCNc1cccc(C2CCNC2)c1. The second-order valence-corrected chi connectivity index (χ2v) is 4.42. The molecule has 1 aliphatic heterocycles. The molecule has 1 aliphatic rings. The molecule has 0 aromatic heterocycles. The van der Waals surface area contributed by atoms with Crippen molar-refractivity contribution in [3.05, 3.63) is 29.8 Å². The molecule has 17 heavy (non-hydrogen) atoms. The first-order valence-corrected chi connectivity index (χ1v) is 6.08. The largest absolute Gasteiger partial charge is 0.385 e. The van der Waals surface area contributed by atoms with E-state index in [1.54, 1.807) is 0 Å². The van der Waals surface area contributed by atoms with E-state index < -0.39 is 6.43 Å². The molecule has 1 atom stereocenters. The number of benzene rings is 1. The number of rotatable bonds is 5. The highest BCUT2D eigenvalue weighted by atomic mass is 19.3. The van der Waals surface area contributed by atoms with Crippen molar-refractivity contribution in [1.82, 2.24) is 5.32 Å². The monoisotopic (exact) mass is 240 g/mol. The van der Waals surface area contributed by atoms with Crippen molar-refractivity contribution >= 4 is 5.69 Å². The highest BCUT2D eigenvalue weighted by Gasteiger charge is 2.16. The second-order valence-electron chi connectivity index (χ2n) is 4.42. The van der Waals surface area contributed by atoms with Gasteiger partial charge in [-0.1, -0.05) is 12.1 Å². The topological polar surface area (TPSA) is 24.1 Å². The maximum Gasteiger partial charge on any atom is 0.240 e. The van der Waals surface area contributed by atoms with Gasteiger partial charge in [0.25, 0.3) is 0 Å². The molecule has 1 fully saturated rings. The van der Waals surface area contributed by atoms with E-state index in [-0.39, 0.29) is 6.42 Å². The summed E-state index contributed by atoms with van der Waals surface area (Å²) in [5, 5.41) is 6.37. The van der Waals surface area contributed by atoms with E-state index in [0.29, 0.717) is 12.5 Å². The fraction of sp³-hybridized carbons (Fsp3) is 0.538. The van der Waals surface area contributed by atoms with Gasteiger partial charge in [-0.15, -0.1) is 0 Å². The van der Waals surface area contributed by atoms with E-state index in [4.69, 9.17) is 0 Å². The Kier molecular flexibility index (Phi) is 4.31. The van der Waals surface area contributed by atoms with Gasteiger partial charge in [-0.25, -0.2) is 8.78 Å². The molecular formula is C13H18F2N2. The third-order valence-corrected chi connectivity index (χ3v) is 3.11. The lowest BCUT2D eigenvalue weighted by Gasteiger charge is -2.12. The predicted molar refractivity (Wildman–Crippen MR) is 65.8 cm³/mol. The fourth-order valence-corrected chi connectivity index (χ4v) is 2.17. The quantitative estimate of drug-likeness (QED) is 0.827. The highest BCUT2D eigenvalue weighted by molar-refractivity contribution is 5.46. The Bertz CT molecular complexity index is 349. The lowest BCUT2D eigenvalue weighted by molar-refractivity contribution is 0.142. The summed E-state index contributed by atoms with van der Waals surface area (Å²) in [6.07, 6.45) is -1.18. The summed E-state index contributed by atoms with van der Waals surface area (Å²) in [5.74, 6) is 0.562. The zero-order valence-corrected chi connectivity index (χ0v) is 9.76. The molecule has 2 nitrogen and oxygen atoms in total. The fourth-order valence-electron chi connectivity index (χ4n) is 2.17. The third kappa shape index (κ3) is 3.66. The van der Waals surface area contributed by atoms with Gasteiger partial charge in [0.2, 0.25) is 6.43 Å². The molecule has 4 heteroatoms. The van der Waals surface area contributed by atoms with Gasteiger partial charge in [0.1, 0.15) is 0 Å². The van der Waals surface area contributed by atoms with Crippen LogP contribution in [0.15, 0.2) is 24.3 Å². The third-order valence-electron chi connectivity index (χ3n) is 3.11. The molecule has 2 rings (SSSR count). The van der Waals surface area contributed by atoms with Gasteiger partial charge in [0.15, 0.2) is 0 Å². The summed E-state index contributed by atoms with van der Waals surface area (Å²) in [4.78, 5) is 0. The number of alkyl halides is 2. The summed E-state index contributed by atoms with van der Waals surface area (Å²) in [6.45, 7) is 2.40. The van der Waals surface area contributed by atoms with Crippen LogP contribution in [0.5, 0.6) is 0 Å². The summed E-state index contributed by atoms with van der Waals surface area (Å²) >= 11 is 0. The Hall–Kier alpha value is -1.16. The molecule has 0 saturated carbocycles. The zero-order chi connectivity index (χ0) is 12.1. The van der Waals surface area contributed by atoms with E-state index in [1.165, 1.54) is 5.56 Å². The van der Waals surface area contributed by atoms with E-state index in [2.05, 4.69) is 22.8 Å². The number of hydrogen-bond acceptors (Lipinski definition) is 2. The average Bonchev–Trinajstić information content (AvgIpc) is 2.82. The van der Waals surface area contributed by atoms with Crippen LogP contribution in [0.25, 0.3) is 0 Å². The first kappa shape index (κ1) is 12.3. The molecule has 1 unspecified atom stereocenters. The van der Waals surface area contributed by atoms with Crippen molar-refractivity contribution in [2.75, 3.05) is 25.0 Å². The van der Waals surface area contributed by atoms with Crippen molar-refractivity contribution in [3.63, 3.8) is 0 Å². The van der Waals surface area contributed by atoms with Crippen LogP contribution in [-0.4, -0.2) is 26.1 Å². The van der Waals surface area contributed by atoms with Crippen LogP contribution in [-0.2, 0) is 0 Å². The van der Waals surface area contributed by atoms with Gasteiger partial charge in [0.05, 0.1) is 0 Å². The molecule has 1 aromatic rings. The van der Waals surface area contributed by atoms with E-state index in [1.807, 2.05) is 12.1 Å². The van der Waals surface area contributed by atoms with Crippen molar-refractivity contribution in [2.24, 2.45) is 0 Å². The Morgan fingerprint density at radius 2 is 2.29 bits per heavy atom. The number of hydrogen-bond donors (Lipinski definition) is 2. The van der Waals surface area contributed by atoms with Crippen LogP contribution in [0.4, 0.5) is 14.5 Å². The van der Waals surface area contributed by atoms with Crippen LogP contribution in [0.3, 0.4) is 0 Å². The Balaban J connectivity index is 1.91. The first-order chi connectivity index (χ1) is 8.25. The van der Waals surface area contributed by atoms with Gasteiger partial charge in [-0.2, -0.15) is 0 Å². The van der Waals surface area contributed by atoms with E-state index in [9.17, 15) is 8.78 Å². The maximum atomic E-state index is 12.0. The molecule has 2 N–H and O–H groups in total. The molecule has 1 heterocycles. The minimum atomic E-state index is -2.23. The minimum absolute atomic E-state index is 0.102. The van der Waals surface area contributed by atoms with Crippen LogP contribution < -0.4 is 10.6 Å². The Labute approximate surface area is 100 Å². The normalized spacial score (nSPS) is 19.8. The van der Waals surface area contributed by atoms with Crippen LogP contribution in [0.1, 0.15) is 24.3 Å². The summed E-state index contributed by atoms with van der Waals surface area (Å²) in [7, 11) is 0. The summed E-state index contributed by atoms with van der Waals surface area (Å²) in [5.41, 5.74) is 2.23. The van der Waals surface area contributed by atoms with Crippen LogP contribution in [0, 0.1) is 0 Å². The van der Waals surface area contributed by atoms with Crippen molar-refractivity contribution in [1.29, 1.82) is 0 Å². The van der Waals surface area contributed by atoms with Gasteiger partial charge in [-0.05, 0) is 36.6 Å². The smallest absolute Gasteiger partial charge is 0.240 e. The Morgan fingerprint density at radius 1 is 1.41 bits per heavy atom. The van der Waals surface area contributed by atoms with Crippen LogP contribution in [0.2, 0.25) is 0 Å². The van der Waals surface area contributed by atoms with Crippen molar-refractivity contribution in [2.45, 2.75) is 25.2 Å². The molecule has 0 bridgehead atoms. The van der Waals surface area contributed by atoms with Crippen molar-refractivity contribution in [3.8, 4) is 0 Å². The Morgan fingerprint density at radius 3 is 3.00 bits per heavy atom. The highest BCUT2D eigenvalue weighted by Crippen LogP contribution is 2.24. The minimum Gasteiger partial charge on any atom is -0.385 e. The standard InChI is InChI=1S/C13H18F2N2/c14-13(15)5-7-17-12-3-1-2-10(8-12)11-4-6-16-9-11/h1-3,8,11,13,16-17H,4-7,9H2. The number of nitrogens with one attached hydrogen (secondary N) is 2.